The van der Waals surface area contributed by atoms with Crippen LogP contribution in [0.4, 0.5) is 0 Å². The summed E-state index contributed by atoms with van der Waals surface area (Å²) in [6, 6.07) is 1.21. The molecule has 0 unspecified atom stereocenters. The molecule has 1 atom stereocenters. The summed E-state index contributed by atoms with van der Waals surface area (Å²) >= 11 is 0. The molecule has 0 fully saturated rings. The quantitative estimate of drug-likeness (QED) is 0.481. The van der Waals surface area contributed by atoms with Gasteiger partial charge < -0.3 is 15.5 Å². The lowest BCUT2D eigenvalue weighted by atomic mass is 10.2. The Morgan fingerprint density at radius 3 is 2.54 bits per heavy atom. The third kappa shape index (κ3) is 7.19. The van der Waals surface area contributed by atoms with Crippen molar-refractivity contribution in [2.45, 2.75) is 26.1 Å². The maximum Gasteiger partial charge on any atom is 0.186 e. The summed E-state index contributed by atoms with van der Waals surface area (Å²) in [5.74, 6) is 0.688. The molecule has 0 aliphatic carbocycles. The molecule has 4 heteroatoms. The third-order valence-electron chi connectivity index (χ3n) is 2.21. The first-order valence-electron chi connectivity index (χ1n) is 4.98. The molecule has 0 aliphatic heterocycles. The highest BCUT2D eigenvalue weighted by atomic mass is 28.4. The Hall–Kier alpha value is 0.0969. The Bertz CT molecular complexity index is 131. The zero-order chi connectivity index (χ0) is 10.3. The van der Waals surface area contributed by atoms with Gasteiger partial charge in [0.2, 0.25) is 0 Å². The van der Waals surface area contributed by atoms with E-state index in [1.54, 1.807) is 0 Å². The van der Waals surface area contributed by atoms with Crippen LogP contribution >= 0.6 is 0 Å². The van der Waals surface area contributed by atoms with E-state index in [9.17, 15) is 0 Å². The van der Waals surface area contributed by atoms with Gasteiger partial charge in [-0.3, -0.25) is 0 Å². The maximum absolute atomic E-state index is 5.50. The molecule has 0 rings (SSSR count). The molecule has 0 aliphatic rings. The van der Waals surface area contributed by atoms with Crippen molar-refractivity contribution < 1.29 is 4.43 Å². The first-order chi connectivity index (χ1) is 6.02. The fourth-order valence-electron chi connectivity index (χ4n) is 1.45. The summed E-state index contributed by atoms with van der Waals surface area (Å²) in [7, 11) is 0.454. The van der Waals surface area contributed by atoms with E-state index in [-0.39, 0.29) is 0 Å². The molecule has 3 nitrogen and oxygen atoms in total. The van der Waals surface area contributed by atoms with Crippen molar-refractivity contribution in [2.75, 3.05) is 26.7 Å². The number of hydrogen-bond donors (Lipinski definition) is 2. The van der Waals surface area contributed by atoms with Crippen LogP contribution in [-0.4, -0.2) is 35.1 Å². The molecule has 0 saturated carbocycles. The summed E-state index contributed by atoms with van der Waals surface area (Å²) in [5, 5.41) is 3.32. The van der Waals surface area contributed by atoms with E-state index >= 15 is 0 Å². The van der Waals surface area contributed by atoms with Gasteiger partial charge in [0.25, 0.3) is 0 Å². The van der Waals surface area contributed by atoms with Crippen molar-refractivity contribution in [1.29, 1.82) is 0 Å². The van der Waals surface area contributed by atoms with Gasteiger partial charge in [-0.2, -0.15) is 0 Å². The van der Waals surface area contributed by atoms with Gasteiger partial charge in [0.1, 0.15) is 0 Å². The van der Waals surface area contributed by atoms with E-state index in [1.165, 1.54) is 6.04 Å². The number of nitrogens with one attached hydrogen (secondary N) is 1. The summed E-state index contributed by atoms with van der Waals surface area (Å²) in [6.45, 7) is 9.46. The highest BCUT2D eigenvalue weighted by molar-refractivity contribution is 6.71. The van der Waals surface area contributed by atoms with Gasteiger partial charge in [0.15, 0.2) is 8.32 Å². The molecule has 0 aromatic rings. The van der Waals surface area contributed by atoms with E-state index < -0.39 is 8.32 Å². The van der Waals surface area contributed by atoms with E-state index in [0.29, 0.717) is 5.92 Å². The molecule has 80 valence electrons. The molecule has 13 heavy (non-hydrogen) atoms. The molecule has 0 saturated heterocycles. The van der Waals surface area contributed by atoms with Gasteiger partial charge in [-0.15, -0.1) is 0 Å². The van der Waals surface area contributed by atoms with Crippen molar-refractivity contribution in [3.8, 4) is 0 Å². The number of rotatable bonds is 7. The van der Waals surface area contributed by atoms with Crippen LogP contribution in [0.5, 0.6) is 0 Å². The van der Waals surface area contributed by atoms with E-state index in [1.807, 2.05) is 7.11 Å². The second-order valence-corrected chi connectivity index (χ2v) is 8.60. The highest BCUT2D eigenvalue weighted by Gasteiger charge is 2.23. The van der Waals surface area contributed by atoms with Gasteiger partial charge in [0.05, 0.1) is 0 Å². The molecule has 0 spiro atoms. The lowest BCUT2D eigenvalue weighted by Crippen LogP contribution is -2.35. The lowest BCUT2D eigenvalue weighted by molar-refractivity contribution is 0.391. The number of nitrogens with two attached hydrogens (primary N) is 1. The van der Waals surface area contributed by atoms with Crippen LogP contribution in [-0.2, 0) is 4.43 Å². The molecule has 0 radical (unpaired) electrons. The van der Waals surface area contributed by atoms with Crippen molar-refractivity contribution >= 4 is 8.32 Å². The Morgan fingerprint density at radius 2 is 2.08 bits per heavy atom. The van der Waals surface area contributed by atoms with Gasteiger partial charge in [-0.1, -0.05) is 6.92 Å². The average Bonchev–Trinajstić information content (AvgIpc) is 2.04. The monoisotopic (exact) mass is 204 g/mol. The van der Waals surface area contributed by atoms with E-state index in [2.05, 4.69) is 25.3 Å². The Labute approximate surface area is 83.2 Å². The van der Waals surface area contributed by atoms with Crippen LogP contribution in [0.1, 0.15) is 6.92 Å². The predicted molar refractivity (Wildman–Crippen MR) is 60.4 cm³/mol. The summed E-state index contributed by atoms with van der Waals surface area (Å²) in [5.41, 5.74) is 5.39. The van der Waals surface area contributed by atoms with Crippen LogP contribution in [0.25, 0.3) is 0 Å². The van der Waals surface area contributed by atoms with Crippen molar-refractivity contribution in [2.24, 2.45) is 11.7 Å². The van der Waals surface area contributed by atoms with Gasteiger partial charge in [-0.25, -0.2) is 0 Å². The Morgan fingerprint density at radius 1 is 1.46 bits per heavy atom. The average molecular weight is 204 g/mol. The predicted octanol–water partition coefficient (Wildman–Crippen LogP) is 1.02. The molecule has 0 aromatic carbocycles. The zero-order valence-electron chi connectivity index (χ0n) is 9.39. The van der Waals surface area contributed by atoms with Crippen molar-refractivity contribution in [3.63, 3.8) is 0 Å². The molecule has 0 bridgehead atoms. The Balaban J connectivity index is 3.55. The first-order valence-corrected chi connectivity index (χ1v) is 8.09. The smallest absolute Gasteiger partial charge is 0.186 e. The van der Waals surface area contributed by atoms with Crippen LogP contribution in [0.2, 0.25) is 19.1 Å². The minimum Gasteiger partial charge on any atom is -0.420 e. The number of hydrogen-bond acceptors (Lipinski definition) is 3. The van der Waals surface area contributed by atoms with Crippen LogP contribution < -0.4 is 11.1 Å². The fourth-order valence-corrected chi connectivity index (χ4v) is 3.43. The molecule has 3 N–H and O–H groups in total. The van der Waals surface area contributed by atoms with Crippen LogP contribution in [0.15, 0.2) is 0 Å². The second-order valence-electron chi connectivity index (χ2n) is 4.27. The zero-order valence-corrected chi connectivity index (χ0v) is 10.4. The molecular formula is C9H24N2OSi. The van der Waals surface area contributed by atoms with Crippen molar-refractivity contribution in [1.82, 2.24) is 5.32 Å². The lowest BCUT2D eigenvalue weighted by Gasteiger charge is -2.24. The molecular weight excluding hydrogens is 180 g/mol. The van der Waals surface area contributed by atoms with Gasteiger partial charge in [0, 0.05) is 20.2 Å². The van der Waals surface area contributed by atoms with Gasteiger partial charge in [-0.05, 0) is 31.6 Å². The topological polar surface area (TPSA) is 47.3 Å². The van der Waals surface area contributed by atoms with E-state index in [0.717, 1.165) is 19.6 Å². The van der Waals surface area contributed by atoms with Gasteiger partial charge >= 0.3 is 0 Å². The highest BCUT2D eigenvalue weighted by Crippen LogP contribution is 2.16. The minimum absolute atomic E-state index is 0.688. The minimum atomic E-state index is -1.37. The van der Waals surface area contributed by atoms with Crippen LogP contribution in [0.3, 0.4) is 0 Å². The first kappa shape index (κ1) is 13.1. The van der Waals surface area contributed by atoms with E-state index in [4.69, 9.17) is 10.2 Å². The maximum atomic E-state index is 5.50. The fraction of sp³-hybridized carbons (Fsp3) is 1.00. The normalized spacial score (nSPS) is 14.5. The summed E-state index contributed by atoms with van der Waals surface area (Å²) in [6.07, 6.45) is 0. The SMILES string of the molecule is CO[Si](C)(C)C[C@@H](C)CNCCN. The molecule has 0 aromatic heterocycles. The summed E-state index contributed by atoms with van der Waals surface area (Å²) < 4.78 is 5.50. The van der Waals surface area contributed by atoms with Crippen LogP contribution in [0, 0.1) is 5.92 Å². The second kappa shape index (κ2) is 6.54. The summed E-state index contributed by atoms with van der Waals surface area (Å²) in [4.78, 5) is 0. The molecule has 0 heterocycles. The standard InChI is InChI=1S/C9H24N2OSi/c1-9(7-11-6-5-10)8-13(3,4)12-2/h9,11H,5-8,10H2,1-4H3/t9-/m0/s1. The molecule has 0 amide bonds. The largest absolute Gasteiger partial charge is 0.420 e. The van der Waals surface area contributed by atoms with Crippen molar-refractivity contribution in [3.05, 3.63) is 0 Å². The Kier molecular flexibility index (Phi) is 6.58. The third-order valence-corrected chi connectivity index (χ3v) is 4.99.